The third kappa shape index (κ3) is 2.84. The Labute approximate surface area is 164 Å². The fraction of sp³-hybridized carbons (Fsp3) is 0.100. The molecule has 7 nitrogen and oxygen atoms in total. The summed E-state index contributed by atoms with van der Waals surface area (Å²) in [5.74, 6) is -0.188. The number of nitrogens with zero attached hydrogens (tertiary/aromatic N) is 4. The lowest BCUT2D eigenvalue weighted by molar-refractivity contribution is -0.116. The first-order valence-electron chi connectivity index (χ1n) is 8.80. The highest BCUT2D eigenvalue weighted by Crippen LogP contribution is 2.33. The topological polar surface area (TPSA) is 88.5 Å². The van der Waals surface area contributed by atoms with Crippen LogP contribution < -0.4 is 5.32 Å². The first-order valence-corrected chi connectivity index (χ1v) is 9.68. The van der Waals surface area contributed by atoms with Crippen LogP contribution in [0.25, 0.3) is 33.2 Å². The van der Waals surface area contributed by atoms with Crippen LogP contribution in [0.2, 0.25) is 0 Å². The number of hydrogen-bond donors (Lipinski definition) is 2. The number of aryl methyl sites for hydroxylation is 1. The number of H-pyrrole nitrogens is 1. The van der Waals surface area contributed by atoms with Gasteiger partial charge < -0.3 is 10.3 Å². The molecule has 0 aliphatic carbocycles. The maximum Gasteiger partial charge on any atom is 0.247 e. The van der Waals surface area contributed by atoms with Crippen molar-refractivity contribution in [1.82, 2.24) is 25.0 Å². The zero-order valence-electron chi connectivity index (χ0n) is 15.0. The molecule has 5 aromatic rings. The molecule has 0 atom stereocenters. The summed E-state index contributed by atoms with van der Waals surface area (Å²) < 4.78 is 1.59. The molecule has 5 rings (SSSR count). The van der Waals surface area contributed by atoms with Crippen molar-refractivity contribution in [3.63, 3.8) is 0 Å². The predicted octanol–water partition coefficient (Wildman–Crippen LogP) is 3.98. The minimum absolute atomic E-state index is 0.0849. The number of carbonyl (C=O) groups is 1. The van der Waals surface area contributed by atoms with Crippen LogP contribution >= 0.6 is 11.3 Å². The summed E-state index contributed by atoms with van der Waals surface area (Å²) in [6.07, 6.45) is 0. The third-order valence-corrected chi connectivity index (χ3v) is 5.37. The average Bonchev–Trinajstić information content (AvgIpc) is 3.39. The number of aromatic nitrogens is 5. The number of amides is 1. The SMILES string of the molecule is Cc1[nH]c2ccccc2c1-c1csc(NC(=O)Cn2nnc3ccccc32)n1. The summed E-state index contributed by atoms with van der Waals surface area (Å²) in [6, 6.07) is 15.7. The zero-order chi connectivity index (χ0) is 19.1. The molecule has 3 heterocycles. The third-order valence-electron chi connectivity index (χ3n) is 4.61. The Morgan fingerprint density at radius 1 is 1.18 bits per heavy atom. The van der Waals surface area contributed by atoms with Gasteiger partial charge in [0.1, 0.15) is 12.1 Å². The van der Waals surface area contributed by atoms with Gasteiger partial charge in [0.2, 0.25) is 5.91 Å². The second-order valence-corrected chi connectivity index (χ2v) is 7.35. The van der Waals surface area contributed by atoms with Crippen molar-refractivity contribution in [2.45, 2.75) is 13.5 Å². The van der Waals surface area contributed by atoms with Crippen molar-refractivity contribution in [3.8, 4) is 11.3 Å². The fourth-order valence-electron chi connectivity index (χ4n) is 3.38. The molecule has 3 aromatic heterocycles. The van der Waals surface area contributed by atoms with Crippen LogP contribution in [0.4, 0.5) is 5.13 Å². The summed E-state index contributed by atoms with van der Waals surface area (Å²) in [6.45, 7) is 2.12. The molecule has 2 aromatic carbocycles. The number of fused-ring (bicyclic) bond motifs is 2. The highest BCUT2D eigenvalue weighted by Gasteiger charge is 2.15. The van der Waals surface area contributed by atoms with Gasteiger partial charge in [-0.15, -0.1) is 16.4 Å². The van der Waals surface area contributed by atoms with Gasteiger partial charge in [0.05, 0.1) is 11.2 Å². The van der Waals surface area contributed by atoms with Crippen molar-refractivity contribution in [2.24, 2.45) is 0 Å². The summed E-state index contributed by atoms with van der Waals surface area (Å²) in [7, 11) is 0. The van der Waals surface area contributed by atoms with E-state index >= 15 is 0 Å². The summed E-state index contributed by atoms with van der Waals surface area (Å²) in [5.41, 5.74) is 5.63. The van der Waals surface area contributed by atoms with Gasteiger partial charge in [0, 0.05) is 27.5 Å². The van der Waals surface area contributed by atoms with E-state index < -0.39 is 0 Å². The summed E-state index contributed by atoms with van der Waals surface area (Å²) >= 11 is 1.41. The van der Waals surface area contributed by atoms with E-state index in [9.17, 15) is 4.79 Å². The number of nitrogens with one attached hydrogen (secondary N) is 2. The van der Waals surface area contributed by atoms with Crippen LogP contribution in [-0.4, -0.2) is 30.9 Å². The first kappa shape index (κ1) is 16.6. The van der Waals surface area contributed by atoms with E-state index in [4.69, 9.17) is 0 Å². The van der Waals surface area contributed by atoms with Crippen molar-refractivity contribution in [2.75, 3.05) is 5.32 Å². The molecule has 0 fully saturated rings. The van der Waals surface area contributed by atoms with Crippen LogP contribution in [0.5, 0.6) is 0 Å². The van der Waals surface area contributed by atoms with Gasteiger partial charge in [-0.1, -0.05) is 35.5 Å². The van der Waals surface area contributed by atoms with E-state index in [1.807, 2.05) is 54.8 Å². The molecule has 0 saturated heterocycles. The molecule has 2 N–H and O–H groups in total. The van der Waals surface area contributed by atoms with Crippen molar-refractivity contribution < 1.29 is 4.79 Å². The molecule has 0 unspecified atom stereocenters. The zero-order valence-corrected chi connectivity index (χ0v) is 15.8. The molecule has 138 valence electrons. The Bertz CT molecular complexity index is 1310. The summed E-state index contributed by atoms with van der Waals surface area (Å²) in [5, 5.41) is 14.6. The Morgan fingerprint density at radius 2 is 2.00 bits per heavy atom. The lowest BCUT2D eigenvalue weighted by Crippen LogP contribution is -2.19. The van der Waals surface area contributed by atoms with Gasteiger partial charge in [-0.3, -0.25) is 4.79 Å². The van der Waals surface area contributed by atoms with Crippen molar-refractivity contribution in [3.05, 3.63) is 59.6 Å². The molecular formula is C20H16N6OS. The number of para-hydroxylation sites is 2. The van der Waals surface area contributed by atoms with Gasteiger partial charge in [0.25, 0.3) is 0 Å². The molecule has 28 heavy (non-hydrogen) atoms. The largest absolute Gasteiger partial charge is 0.358 e. The number of benzene rings is 2. The number of thiazole rings is 1. The molecule has 1 amide bonds. The average molecular weight is 388 g/mol. The van der Waals surface area contributed by atoms with E-state index in [1.165, 1.54) is 11.3 Å². The smallest absolute Gasteiger partial charge is 0.247 e. The van der Waals surface area contributed by atoms with Crippen LogP contribution in [0, 0.1) is 6.92 Å². The van der Waals surface area contributed by atoms with E-state index in [0.29, 0.717) is 5.13 Å². The molecule has 8 heteroatoms. The Kier molecular flexibility index (Phi) is 3.91. The van der Waals surface area contributed by atoms with Crippen molar-refractivity contribution in [1.29, 1.82) is 0 Å². The van der Waals surface area contributed by atoms with E-state index in [2.05, 4.69) is 31.7 Å². The first-order chi connectivity index (χ1) is 13.7. The maximum absolute atomic E-state index is 12.5. The lowest BCUT2D eigenvalue weighted by atomic mass is 10.1. The van der Waals surface area contributed by atoms with E-state index in [-0.39, 0.29) is 12.5 Å². The Hall–Kier alpha value is -3.52. The maximum atomic E-state index is 12.5. The second kappa shape index (κ2) is 6.58. The van der Waals surface area contributed by atoms with Crippen LogP contribution in [0.3, 0.4) is 0 Å². The molecule has 0 bridgehead atoms. The second-order valence-electron chi connectivity index (χ2n) is 6.49. The van der Waals surface area contributed by atoms with Crippen LogP contribution in [-0.2, 0) is 11.3 Å². The van der Waals surface area contributed by atoms with E-state index in [1.54, 1.807) is 4.68 Å². The standard InChI is InChI=1S/C20H16N6OS/c1-12-19(13-6-2-3-7-14(13)21-12)16-11-28-20(22-16)23-18(27)10-26-17-9-5-4-8-15(17)24-25-26/h2-9,11,21H,10H2,1H3,(H,22,23,27). The monoisotopic (exact) mass is 388 g/mol. The van der Waals surface area contributed by atoms with Gasteiger partial charge in [-0.25, -0.2) is 9.67 Å². The number of aromatic amines is 1. The number of anilines is 1. The van der Waals surface area contributed by atoms with Gasteiger partial charge in [-0.2, -0.15) is 0 Å². The number of rotatable bonds is 4. The molecule has 0 aliphatic rings. The fourth-order valence-corrected chi connectivity index (χ4v) is 4.10. The Balaban J connectivity index is 1.38. The Morgan fingerprint density at radius 3 is 2.93 bits per heavy atom. The van der Waals surface area contributed by atoms with Crippen LogP contribution in [0.15, 0.2) is 53.9 Å². The number of carbonyl (C=O) groups excluding carboxylic acids is 1. The quantitative estimate of drug-likeness (QED) is 0.487. The molecule has 0 radical (unpaired) electrons. The minimum atomic E-state index is -0.188. The highest BCUT2D eigenvalue weighted by atomic mass is 32.1. The molecule has 0 spiro atoms. The van der Waals surface area contributed by atoms with E-state index in [0.717, 1.165) is 38.9 Å². The number of hydrogen-bond acceptors (Lipinski definition) is 5. The van der Waals surface area contributed by atoms with Gasteiger partial charge in [-0.05, 0) is 25.1 Å². The van der Waals surface area contributed by atoms with Gasteiger partial charge >= 0.3 is 0 Å². The molecular weight excluding hydrogens is 372 g/mol. The minimum Gasteiger partial charge on any atom is -0.358 e. The highest BCUT2D eigenvalue weighted by molar-refractivity contribution is 7.14. The lowest BCUT2D eigenvalue weighted by Gasteiger charge is -2.02. The molecule has 0 aliphatic heterocycles. The predicted molar refractivity (Wildman–Crippen MR) is 110 cm³/mol. The summed E-state index contributed by atoms with van der Waals surface area (Å²) in [4.78, 5) is 20.5. The van der Waals surface area contributed by atoms with Crippen LogP contribution in [0.1, 0.15) is 5.69 Å². The normalized spacial score (nSPS) is 11.3. The molecule has 0 saturated carbocycles. The van der Waals surface area contributed by atoms with Gasteiger partial charge in [0.15, 0.2) is 5.13 Å². The van der Waals surface area contributed by atoms with Crippen molar-refractivity contribution >= 4 is 44.3 Å².